The van der Waals surface area contributed by atoms with Gasteiger partial charge in [-0.3, -0.25) is 0 Å². The molecule has 2 aliphatic heterocycles. The van der Waals surface area contributed by atoms with E-state index < -0.39 is 0 Å². The zero-order valence-corrected chi connectivity index (χ0v) is 21.7. The van der Waals surface area contributed by atoms with Crippen LogP contribution in [0.25, 0.3) is 11.5 Å². The molecule has 0 saturated carbocycles. The van der Waals surface area contributed by atoms with Crippen molar-refractivity contribution >= 4 is 11.7 Å². The largest absolute Gasteiger partial charge is 0.454 e. The lowest BCUT2D eigenvalue weighted by molar-refractivity contribution is 0.174. The van der Waals surface area contributed by atoms with Gasteiger partial charge in [0.15, 0.2) is 11.5 Å². The minimum absolute atomic E-state index is 0.179. The molecule has 2 aliphatic rings. The van der Waals surface area contributed by atoms with Gasteiger partial charge in [-0.1, -0.05) is 48.0 Å². The normalized spacial score (nSPS) is 15.4. The van der Waals surface area contributed by atoms with Crippen molar-refractivity contribution in [1.82, 2.24) is 19.2 Å². The number of rotatable bonds is 3. The number of amides is 2. The lowest BCUT2D eigenvalue weighted by Crippen LogP contribution is -2.38. The van der Waals surface area contributed by atoms with E-state index in [2.05, 4.69) is 47.3 Å². The first-order valence-corrected chi connectivity index (χ1v) is 12.9. The van der Waals surface area contributed by atoms with Crippen LogP contribution in [-0.4, -0.2) is 32.1 Å². The summed E-state index contributed by atoms with van der Waals surface area (Å²) in [5.74, 6) is 2.23. The predicted octanol–water partition coefficient (Wildman–Crippen LogP) is 6.15. The standard InChI is InChI=1S/C31H27N5O3/c1-20-8-6-9-22(16-20)29-26-12-7-15-34(26)30-25(21(2)33-36(30)24-10-4-3-5-11-24)18-35(29)31(37)32-23-13-14-27-28(17-23)39-19-38-27/h3-17,29H,18-19H2,1-2H3,(H,32,37)/t29-/m0/s1. The Morgan fingerprint density at radius 3 is 2.62 bits per heavy atom. The lowest BCUT2D eigenvalue weighted by atomic mass is 10.00. The Bertz CT molecular complexity index is 1700. The van der Waals surface area contributed by atoms with E-state index in [0.29, 0.717) is 23.7 Å². The van der Waals surface area contributed by atoms with Crippen LogP contribution < -0.4 is 14.8 Å². The van der Waals surface area contributed by atoms with Crippen LogP contribution in [0.4, 0.5) is 10.5 Å². The molecule has 4 heterocycles. The molecule has 0 bridgehead atoms. The molecule has 3 aromatic carbocycles. The third kappa shape index (κ3) is 3.92. The number of carbonyl (C=O) groups excluding carboxylic acids is 1. The Hall–Kier alpha value is -4.98. The molecule has 0 fully saturated rings. The number of para-hydroxylation sites is 1. The number of anilines is 1. The second kappa shape index (κ2) is 9.09. The number of urea groups is 1. The van der Waals surface area contributed by atoms with Crippen molar-refractivity contribution in [1.29, 1.82) is 0 Å². The van der Waals surface area contributed by atoms with Crippen LogP contribution in [0.5, 0.6) is 11.5 Å². The van der Waals surface area contributed by atoms with E-state index >= 15 is 0 Å². The Balaban J connectivity index is 1.38. The van der Waals surface area contributed by atoms with Gasteiger partial charge >= 0.3 is 6.03 Å². The van der Waals surface area contributed by atoms with E-state index in [0.717, 1.165) is 39.6 Å². The molecule has 0 saturated heterocycles. The molecule has 194 valence electrons. The fourth-order valence-electron chi connectivity index (χ4n) is 5.51. The maximum atomic E-state index is 14.1. The number of aromatic nitrogens is 3. The Morgan fingerprint density at radius 2 is 1.77 bits per heavy atom. The summed E-state index contributed by atoms with van der Waals surface area (Å²) in [4.78, 5) is 16.0. The van der Waals surface area contributed by atoms with Crippen LogP contribution in [0.3, 0.4) is 0 Å². The van der Waals surface area contributed by atoms with Crippen molar-refractivity contribution in [2.45, 2.75) is 26.4 Å². The second-order valence-electron chi connectivity index (χ2n) is 9.88. The predicted molar refractivity (Wildman–Crippen MR) is 148 cm³/mol. The quantitative estimate of drug-likeness (QED) is 0.312. The summed E-state index contributed by atoms with van der Waals surface area (Å²) < 4.78 is 15.1. The minimum atomic E-state index is -0.329. The summed E-state index contributed by atoms with van der Waals surface area (Å²) in [6.45, 7) is 4.63. The van der Waals surface area contributed by atoms with E-state index in [1.54, 1.807) is 6.07 Å². The Labute approximate surface area is 226 Å². The van der Waals surface area contributed by atoms with Gasteiger partial charge in [0.05, 0.1) is 29.7 Å². The molecule has 1 atom stereocenters. The van der Waals surface area contributed by atoms with Crippen molar-refractivity contribution in [3.8, 4) is 23.0 Å². The molecule has 8 heteroatoms. The zero-order valence-electron chi connectivity index (χ0n) is 21.7. The number of nitrogens with one attached hydrogen (secondary N) is 1. The summed E-state index contributed by atoms with van der Waals surface area (Å²) in [5, 5.41) is 8.03. The highest BCUT2D eigenvalue weighted by molar-refractivity contribution is 5.90. The van der Waals surface area contributed by atoms with E-state index in [1.807, 2.05) is 71.1 Å². The van der Waals surface area contributed by atoms with E-state index in [1.165, 1.54) is 0 Å². The summed E-state index contributed by atoms with van der Waals surface area (Å²) >= 11 is 0. The van der Waals surface area contributed by atoms with Crippen LogP contribution in [0.15, 0.2) is 91.1 Å². The van der Waals surface area contributed by atoms with Crippen LogP contribution >= 0.6 is 0 Å². The van der Waals surface area contributed by atoms with Crippen molar-refractivity contribution < 1.29 is 14.3 Å². The zero-order chi connectivity index (χ0) is 26.5. The lowest BCUT2D eigenvalue weighted by Gasteiger charge is -2.31. The maximum absolute atomic E-state index is 14.1. The van der Waals surface area contributed by atoms with Gasteiger partial charge in [-0.2, -0.15) is 5.10 Å². The number of fused-ring (bicyclic) bond motifs is 4. The number of hydrogen-bond acceptors (Lipinski definition) is 4. The van der Waals surface area contributed by atoms with Gasteiger partial charge in [-0.25, -0.2) is 9.48 Å². The number of nitrogens with zero attached hydrogens (tertiary/aromatic N) is 4. The van der Waals surface area contributed by atoms with Crippen LogP contribution in [0.2, 0.25) is 0 Å². The molecule has 0 spiro atoms. The first-order chi connectivity index (χ1) is 19.1. The third-order valence-corrected chi connectivity index (χ3v) is 7.33. The Kier molecular flexibility index (Phi) is 5.40. The molecule has 0 aliphatic carbocycles. The molecule has 8 nitrogen and oxygen atoms in total. The molecule has 5 aromatic rings. The molecule has 0 unspecified atom stereocenters. The molecule has 2 aromatic heterocycles. The average molecular weight is 518 g/mol. The topological polar surface area (TPSA) is 73.6 Å². The fraction of sp³-hybridized carbons (Fsp3) is 0.161. The van der Waals surface area contributed by atoms with Crippen LogP contribution in [-0.2, 0) is 6.54 Å². The van der Waals surface area contributed by atoms with Crippen LogP contribution in [0.1, 0.15) is 34.1 Å². The van der Waals surface area contributed by atoms with Gasteiger partial charge < -0.3 is 24.3 Å². The number of aryl methyl sites for hydroxylation is 2. The van der Waals surface area contributed by atoms with Crippen molar-refractivity contribution in [2.75, 3.05) is 12.1 Å². The Morgan fingerprint density at radius 1 is 0.923 bits per heavy atom. The monoisotopic (exact) mass is 517 g/mol. The summed E-state index contributed by atoms with van der Waals surface area (Å²) in [6, 6.07) is 27.5. The van der Waals surface area contributed by atoms with Gasteiger partial charge in [0.1, 0.15) is 5.82 Å². The number of ether oxygens (including phenoxy) is 2. The van der Waals surface area contributed by atoms with Gasteiger partial charge in [0.25, 0.3) is 0 Å². The van der Waals surface area contributed by atoms with Crippen molar-refractivity contribution in [3.05, 3.63) is 119 Å². The number of hydrogen-bond donors (Lipinski definition) is 1. The van der Waals surface area contributed by atoms with Gasteiger partial charge in [0.2, 0.25) is 6.79 Å². The molecule has 2 amide bonds. The first kappa shape index (κ1) is 23.2. The van der Waals surface area contributed by atoms with Gasteiger partial charge in [-0.15, -0.1) is 0 Å². The minimum Gasteiger partial charge on any atom is -0.454 e. The van der Waals surface area contributed by atoms with Crippen LogP contribution in [0, 0.1) is 13.8 Å². The molecule has 39 heavy (non-hydrogen) atoms. The number of carbonyl (C=O) groups is 1. The molecule has 1 N–H and O–H groups in total. The van der Waals surface area contributed by atoms with Crippen molar-refractivity contribution in [3.63, 3.8) is 0 Å². The highest BCUT2D eigenvalue weighted by Gasteiger charge is 2.36. The molecule has 0 radical (unpaired) electrons. The SMILES string of the molecule is Cc1cccc([C@H]2c3cccn3-c3c(c(C)nn3-c3ccccc3)CN2C(=O)Nc2ccc3c(c2)OCO3)c1. The molecular weight excluding hydrogens is 490 g/mol. The highest BCUT2D eigenvalue weighted by Crippen LogP contribution is 2.39. The smallest absolute Gasteiger partial charge is 0.322 e. The van der Waals surface area contributed by atoms with Crippen molar-refractivity contribution in [2.24, 2.45) is 0 Å². The number of benzene rings is 3. The van der Waals surface area contributed by atoms with E-state index in [-0.39, 0.29) is 18.9 Å². The van der Waals surface area contributed by atoms with Gasteiger partial charge in [-0.05, 0) is 55.8 Å². The summed E-state index contributed by atoms with van der Waals surface area (Å²) in [5.41, 5.74) is 6.63. The summed E-state index contributed by atoms with van der Waals surface area (Å²) in [6.07, 6.45) is 2.05. The average Bonchev–Trinajstić information content (AvgIpc) is 3.66. The van der Waals surface area contributed by atoms with E-state index in [4.69, 9.17) is 14.6 Å². The van der Waals surface area contributed by atoms with Gasteiger partial charge in [0, 0.05) is 23.5 Å². The fourth-order valence-corrected chi connectivity index (χ4v) is 5.51. The highest BCUT2D eigenvalue weighted by atomic mass is 16.7. The molecular formula is C31H27N5O3. The first-order valence-electron chi connectivity index (χ1n) is 12.9. The maximum Gasteiger partial charge on any atom is 0.322 e. The molecule has 7 rings (SSSR count). The van der Waals surface area contributed by atoms with E-state index in [9.17, 15) is 4.79 Å². The summed E-state index contributed by atoms with van der Waals surface area (Å²) in [7, 11) is 0. The second-order valence-corrected chi connectivity index (χ2v) is 9.88. The third-order valence-electron chi connectivity index (χ3n) is 7.33.